The van der Waals surface area contributed by atoms with Crippen molar-refractivity contribution < 1.29 is 8.42 Å². The molecule has 33 heavy (non-hydrogen) atoms. The van der Waals surface area contributed by atoms with E-state index in [9.17, 15) is 8.42 Å². The number of rotatable bonds is 6. The maximum atomic E-state index is 13.0. The van der Waals surface area contributed by atoms with Crippen LogP contribution < -0.4 is 9.62 Å². The van der Waals surface area contributed by atoms with Crippen LogP contribution >= 0.6 is 27.3 Å². The molecule has 0 spiro atoms. The van der Waals surface area contributed by atoms with Gasteiger partial charge in [-0.25, -0.2) is 18.4 Å². The molecule has 170 valence electrons. The number of thiophene rings is 1. The van der Waals surface area contributed by atoms with E-state index >= 15 is 0 Å². The molecular weight excluding hydrogens is 522 g/mol. The van der Waals surface area contributed by atoms with E-state index < -0.39 is 10.0 Å². The summed E-state index contributed by atoms with van der Waals surface area (Å²) >= 11 is 4.49. The van der Waals surface area contributed by atoms with E-state index in [1.807, 2.05) is 30.3 Å². The number of fused-ring (bicyclic) bond motifs is 1. The van der Waals surface area contributed by atoms with Crippen molar-refractivity contribution in [2.75, 3.05) is 35.8 Å². The lowest BCUT2D eigenvalue weighted by Crippen LogP contribution is -2.46. The fourth-order valence-electron chi connectivity index (χ4n) is 3.86. The molecule has 1 aliphatic heterocycles. The minimum Gasteiger partial charge on any atom is -0.351 e. The lowest BCUT2D eigenvalue weighted by Gasteiger charge is -2.36. The Hall–Kier alpha value is -2.53. The second-order valence-corrected chi connectivity index (χ2v) is 12.2. The first-order valence-corrected chi connectivity index (χ1v) is 13.6. The number of benzene rings is 2. The maximum Gasteiger partial charge on any atom is 0.272 e. The van der Waals surface area contributed by atoms with Crippen molar-refractivity contribution in [1.82, 2.24) is 14.9 Å². The van der Waals surface area contributed by atoms with Gasteiger partial charge in [0, 0.05) is 32.7 Å². The third-order valence-corrected chi connectivity index (χ3v) is 8.97. The summed E-state index contributed by atoms with van der Waals surface area (Å²) in [5.41, 5.74) is 2.67. The Morgan fingerprint density at radius 3 is 2.21 bits per heavy atom. The predicted octanol–water partition coefficient (Wildman–Crippen LogP) is 4.58. The third kappa shape index (κ3) is 5.03. The molecule has 0 bridgehead atoms. The highest BCUT2D eigenvalue weighted by molar-refractivity contribution is 9.11. The molecule has 7 nitrogen and oxygen atoms in total. The van der Waals surface area contributed by atoms with Crippen molar-refractivity contribution in [3.8, 4) is 0 Å². The molecule has 4 aromatic rings. The van der Waals surface area contributed by atoms with Gasteiger partial charge in [0.2, 0.25) is 0 Å². The topological polar surface area (TPSA) is 78.4 Å². The summed E-state index contributed by atoms with van der Waals surface area (Å²) in [5, 5.41) is 0. The Bertz CT molecular complexity index is 1370. The van der Waals surface area contributed by atoms with Crippen LogP contribution in [0.1, 0.15) is 5.56 Å². The van der Waals surface area contributed by atoms with Crippen molar-refractivity contribution in [1.29, 1.82) is 0 Å². The van der Waals surface area contributed by atoms with Crippen LogP contribution in [0.4, 0.5) is 11.6 Å². The summed E-state index contributed by atoms with van der Waals surface area (Å²) in [4.78, 5) is 14.0. The lowest BCUT2D eigenvalue weighted by atomic mass is 10.2. The van der Waals surface area contributed by atoms with Gasteiger partial charge in [-0.2, -0.15) is 0 Å². The molecule has 1 aliphatic rings. The highest BCUT2D eigenvalue weighted by Gasteiger charge is 2.25. The zero-order valence-electron chi connectivity index (χ0n) is 17.7. The van der Waals surface area contributed by atoms with Crippen LogP contribution in [-0.2, 0) is 16.6 Å². The number of hydrogen-bond donors (Lipinski definition) is 1. The maximum absolute atomic E-state index is 13.0. The third-order valence-electron chi connectivity index (χ3n) is 5.52. The van der Waals surface area contributed by atoms with Crippen LogP contribution in [0.25, 0.3) is 11.0 Å². The van der Waals surface area contributed by atoms with Crippen molar-refractivity contribution in [3.63, 3.8) is 0 Å². The fourth-order valence-corrected chi connectivity index (χ4v) is 6.87. The number of nitrogens with one attached hydrogen (secondary N) is 1. The zero-order chi connectivity index (χ0) is 22.8. The van der Waals surface area contributed by atoms with Gasteiger partial charge in [-0.15, -0.1) is 11.3 Å². The van der Waals surface area contributed by atoms with Crippen molar-refractivity contribution in [2.45, 2.75) is 10.8 Å². The minimum absolute atomic E-state index is 0.225. The fraction of sp³-hybridized carbons (Fsp3) is 0.217. The summed E-state index contributed by atoms with van der Waals surface area (Å²) in [6.45, 7) is 4.07. The predicted molar refractivity (Wildman–Crippen MR) is 136 cm³/mol. The molecule has 10 heteroatoms. The van der Waals surface area contributed by atoms with E-state index in [0.717, 1.165) is 53.4 Å². The average molecular weight is 545 g/mol. The first-order valence-electron chi connectivity index (χ1n) is 10.5. The average Bonchev–Trinajstić information content (AvgIpc) is 3.27. The lowest BCUT2D eigenvalue weighted by molar-refractivity contribution is 0.249. The van der Waals surface area contributed by atoms with Gasteiger partial charge in [0.15, 0.2) is 11.6 Å². The molecule has 0 atom stereocenters. The number of para-hydroxylation sites is 2. The van der Waals surface area contributed by atoms with E-state index in [4.69, 9.17) is 4.98 Å². The number of hydrogen-bond acceptors (Lipinski definition) is 7. The molecule has 1 saturated heterocycles. The van der Waals surface area contributed by atoms with E-state index in [2.05, 4.69) is 59.7 Å². The van der Waals surface area contributed by atoms with Crippen LogP contribution in [0.5, 0.6) is 0 Å². The standard InChI is InChI=1S/C23H22BrN5O2S2/c24-20-10-11-21(32-20)33(30,31)27-22-23(26-19-9-5-4-8-18(19)25-22)29-14-12-28(13-15-29)16-17-6-2-1-3-7-17/h1-11H,12-16H2,(H,25,27). The quantitative estimate of drug-likeness (QED) is 0.383. The monoisotopic (exact) mass is 543 g/mol. The molecule has 0 saturated carbocycles. The van der Waals surface area contributed by atoms with Gasteiger partial charge in [-0.3, -0.25) is 9.62 Å². The van der Waals surface area contributed by atoms with Crippen molar-refractivity contribution >= 4 is 60.0 Å². The first-order chi connectivity index (χ1) is 16.0. The van der Waals surface area contributed by atoms with Crippen LogP contribution in [0.2, 0.25) is 0 Å². The van der Waals surface area contributed by atoms with E-state index in [1.165, 1.54) is 5.56 Å². The van der Waals surface area contributed by atoms with Gasteiger partial charge in [-0.05, 0) is 45.8 Å². The Balaban J connectivity index is 1.41. The van der Waals surface area contributed by atoms with Gasteiger partial charge in [0.05, 0.1) is 14.8 Å². The molecule has 0 unspecified atom stereocenters. The molecule has 0 amide bonds. The molecule has 2 aromatic carbocycles. The summed E-state index contributed by atoms with van der Waals surface area (Å²) in [7, 11) is -3.77. The van der Waals surface area contributed by atoms with Crippen molar-refractivity contribution in [3.05, 3.63) is 76.1 Å². The Morgan fingerprint density at radius 1 is 0.879 bits per heavy atom. The molecule has 1 fully saturated rings. The van der Waals surface area contributed by atoms with Crippen LogP contribution in [0, 0.1) is 0 Å². The molecular formula is C23H22BrN5O2S2. The number of aromatic nitrogens is 2. The number of nitrogens with zero attached hydrogens (tertiary/aromatic N) is 4. The first kappa shape index (κ1) is 22.3. The number of sulfonamides is 1. The molecule has 5 rings (SSSR count). The van der Waals surface area contributed by atoms with Gasteiger partial charge in [-0.1, -0.05) is 42.5 Å². The molecule has 0 aliphatic carbocycles. The summed E-state index contributed by atoms with van der Waals surface area (Å²) < 4.78 is 29.7. The molecule has 0 radical (unpaired) electrons. The minimum atomic E-state index is -3.77. The highest BCUT2D eigenvalue weighted by Crippen LogP contribution is 2.31. The molecule has 2 aromatic heterocycles. The Labute approximate surface area is 205 Å². The Morgan fingerprint density at radius 2 is 1.55 bits per heavy atom. The number of piperazine rings is 1. The SMILES string of the molecule is O=S(=O)(Nc1nc2ccccc2nc1N1CCN(Cc2ccccc2)CC1)c1ccc(Br)s1. The Kier molecular flexibility index (Phi) is 6.33. The summed E-state index contributed by atoms with van der Waals surface area (Å²) in [5.74, 6) is 0.821. The number of halogens is 1. The second kappa shape index (κ2) is 9.38. The highest BCUT2D eigenvalue weighted by atomic mass is 79.9. The normalized spacial score (nSPS) is 15.1. The van der Waals surface area contributed by atoms with E-state index in [1.54, 1.807) is 12.1 Å². The smallest absolute Gasteiger partial charge is 0.272 e. The van der Waals surface area contributed by atoms with Crippen LogP contribution in [0.15, 0.2) is 74.7 Å². The number of anilines is 2. The van der Waals surface area contributed by atoms with Gasteiger partial charge in [0.1, 0.15) is 4.21 Å². The van der Waals surface area contributed by atoms with Crippen LogP contribution in [0.3, 0.4) is 0 Å². The van der Waals surface area contributed by atoms with Gasteiger partial charge < -0.3 is 4.90 Å². The van der Waals surface area contributed by atoms with Crippen molar-refractivity contribution in [2.24, 2.45) is 0 Å². The van der Waals surface area contributed by atoms with Crippen LogP contribution in [-0.4, -0.2) is 49.5 Å². The summed E-state index contributed by atoms with van der Waals surface area (Å²) in [6.07, 6.45) is 0. The van der Waals surface area contributed by atoms with Gasteiger partial charge in [0.25, 0.3) is 10.0 Å². The van der Waals surface area contributed by atoms with Gasteiger partial charge >= 0.3 is 0 Å². The van der Waals surface area contributed by atoms with E-state index in [0.29, 0.717) is 11.3 Å². The summed E-state index contributed by atoms with van der Waals surface area (Å²) in [6, 6.07) is 21.2. The second-order valence-electron chi connectivity index (χ2n) is 7.80. The molecule has 1 N–H and O–H groups in total. The zero-order valence-corrected chi connectivity index (χ0v) is 20.9. The van der Waals surface area contributed by atoms with E-state index in [-0.39, 0.29) is 10.0 Å². The largest absolute Gasteiger partial charge is 0.351 e. The molecule has 3 heterocycles.